The highest BCUT2D eigenvalue weighted by Gasteiger charge is 2.39. The molecule has 0 saturated carbocycles. The first-order valence-corrected chi connectivity index (χ1v) is 5.76. The second-order valence-corrected chi connectivity index (χ2v) is 4.30. The maximum atomic E-state index is 10.9. The minimum atomic E-state index is -1.41. The molecule has 0 spiro atoms. The molecule has 7 N–H and O–H groups in total. The third kappa shape index (κ3) is 4.08. The van der Waals surface area contributed by atoms with Crippen LogP contribution < -0.4 is 5.73 Å². The lowest BCUT2D eigenvalue weighted by Crippen LogP contribution is -2.44. The Bertz CT molecular complexity index is 301. The summed E-state index contributed by atoms with van der Waals surface area (Å²) in [5.41, 5.74) is 4.96. The summed E-state index contributed by atoms with van der Waals surface area (Å²) >= 11 is 0. The van der Waals surface area contributed by atoms with Crippen LogP contribution in [0.3, 0.4) is 0 Å². The molecular formula is C10H19NO8. The van der Waals surface area contributed by atoms with Crippen molar-refractivity contribution in [2.24, 2.45) is 5.73 Å². The molecule has 1 fully saturated rings. The van der Waals surface area contributed by atoms with Crippen molar-refractivity contribution in [1.29, 1.82) is 0 Å². The molecule has 1 heterocycles. The molecule has 1 amide bonds. The SMILES string of the molecule is NC(=O)C(CO)O[C@H]1OC(CO)[C@H](O)C(O)CC1O. The highest BCUT2D eigenvalue weighted by atomic mass is 16.7. The van der Waals surface area contributed by atoms with Crippen LogP contribution in [-0.4, -0.2) is 81.5 Å². The van der Waals surface area contributed by atoms with Crippen LogP contribution in [0.5, 0.6) is 0 Å². The molecule has 1 rings (SSSR count). The number of ether oxygens (including phenoxy) is 2. The lowest BCUT2D eigenvalue weighted by Gasteiger charge is -2.27. The van der Waals surface area contributed by atoms with Crippen LogP contribution >= 0.6 is 0 Å². The number of rotatable bonds is 5. The molecule has 0 aromatic carbocycles. The summed E-state index contributed by atoms with van der Waals surface area (Å²) < 4.78 is 10.1. The molecule has 9 nitrogen and oxygen atoms in total. The highest BCUT2D eigenvalue weighted by molar-refractivity contribution is 5.78. The lowest BCUT2D eigenvalue weighted by molar-refractivity contribution is -0.243. The highest BCUT2D eigenvalue weighted by Crippen LogP contribution is 2.22. The van der Waals surface area contributed by atoms with Gasteiger partial charge >= 0.3 is 0 Å². The Morgan fingerprint density at radius 2 is 1.95 bits per heavy atom. The Hall–Kier alpha value is -0.810. The predicted molar refractivity (Wildman–Crippen MR) is 59.5 cm³/mol. The molecule has 1 aliphatic heterocycles. The first-order valence-electron chi connectivity index (χ1n) is 5.76. The van der Waals surface area contributed by atoms with Crippen molar-refractivity contribution in [1.82, 2.24) is 0 Å². The van der Waals surface area contributed by atoms with Gasteiger partial charge in [-0.2, -0.15) is 0 Å². The average molecular weight is 281 g/mol. The van der Waals surface area contributed by atoms with E-state index in [1.54, 1.807) is 0 Å². The Morgan fingerprint density at radius 1 is 1.32 bits per heavy atom. The Kier molecular flexibility index (Phi) is 6.07. The first kappa shape index (κ1) is 16.2. The van der Waals surface area contributed by atoms with E-state index in [9.17, 15) is 20.1 Å². The van der Waals surface area contributed by atoms with Crippen molar-refractivity contribution in [3.05, 3.63) is 0 Å². The van der Waals surface area contributed by atoms with Crippen LogP contribution in [0.2, 0.25) is 0 Å². The van der Waals surface area contributed by atoms with E-state index in [4.69, 9.17) is 25.4 Å². The fraction of sp³-hybridized carbons (Fsp3) is 0.900. The van der Waals surface area contributed by atoms with Crippen LogP contribution in [0.15, 0.2) is 0 Å². The van der Waals surface area contributed by atoms with Crippen molar-refractivity contribution < 1.29 is 39.8 Å². The summed E-state index contributed by atoms with van der Waals surface area (Å²) in [4.78, 5) is 10.9. The minimum absolute atomic E-state index is 0.279. The quantitative estimate of drug-likeness (QED) is 0.297. The van der Waals surface area contributed by atoms with Gasteiger partial charge in [-0.05, 0) is 0 Å². The lowest BCUT2D eigenvalue weighted by atomic mass is 10.0. The number of aliphatic hydroxyl groups is 5. The number of carbonyl (C=O) groups excluding carboxylic acids is 1. The molecule has 0 aliphatic carbocycles. The molecule has 4 unspecified atom stereocenters. The molecule has 112 valence electrons. The maximum absolute atomic E-state index is 10.9. The summed E-state index contributed by atoms with van der Waals surface area (Å²) in [7, 11) is 0. The van der Waals surface area contributed by atoms with Gasteiger partial charge in [0.2, 0.25) is 5.91 Å². The van der Waals surface area contributed by atoms with Crippen molar-refractivity contribution in [2.45, 2.75) is 43.2 Å². The van der Waals surface area contributed by atoms with Gasteiger partial charge in [0.05, 0.1) is 19.3 Å². The zero-order valence-electron chi connectivity index (χ0n) is 10.1. The van der Waals surface area contributed by atoms with Crippen LogP contribution in [-0.2, 0) is 14.3 Å². The molecule has 19 heavy (non-hydrogen) atoms. The van der Waals surface area contributed by atoms with Gasteiger partial charge in [0.25, 0.3) is 0 Å². The second-order valence-electron chi connectivity index (χ2n) is 4.30. The molecular weight excluding hydrogens is 262 g/mol. The van der Waals surface area contributed by atoms with Gasteiger partial charge in [-0.3, -0.25) is 4.79 Å². The molecule has 1 saturated heterocycles. The van der Waals surface area contributed by atoms with E-state index in [1.807, 2.05) is 0 Å². The average Bonchev–Trinajstić information content (AvgIpc) is 2.46. The topological polar surface area (TPSA) is 163 Å². The molecule has 6 atom stereocenters. The number of primary amides is 1. The summed E-state index contributed by atoms with van der Waals surface area (Å²) in [5.74, 6) is -0.954. The number of nitrogens with two attached hydrogens (primary N) is 1. The van der Waals surface area contributed by atoms with Crippen molar-refractivity contribution in [3.8, 4) is 0 Å². The number of hydrogen-bond donors (Lipinski definition) is 6. The van der Waals surface area contributed by atoms with Gasteiger partial charge in [-0.25, -0.2) is 0 Å². The molecule has 0 radical (unpaired) electrons. The fourth-order valence-electron chi connectivity index (χ4n) is 1.72. The van der Waals surface area contributed by atoms with E-state index in [-0.39, 0.29) is 6.42 Å². The number of amides is 1. The summed E-state index contributed by atoms with van der Waals surface area (Å²) in [5, 5.41) is 46.8. The standard InChI is InChI=1S/C10H19NO8/c11-9(17)7(3-13)19-10-5(15)1-4(14)8(16)6(2-12)18-10/h4-8,10,12-16H,1-3H2,(H2,11,17)/t4?,5?,6?,7?,8-,10-/m1/s1. The normalized spacial score (nSPS) is 37.6. The third-order valence-electron chi connectivity index (χ3n) is 2.84. The predicted octanol–water partition coefficient (Wildman–Crippen LogP) is -3.96. The largest absolute Gasteiger partial charge is 0.394 e. The zero-order chi connectivity index (χ0) is 14.6. The van der Waals surface area contributed by atoms with E-state index in [1.165, 1.54) is 0 Å². The summed E-state index contributed by atoms with van der Waals surface area (Å²) in [6.07, 6.45) is -8.35. The number of aliphatic hydroxyl groups excluding tert-OH is 5. The molecule has 0 aromatic heterocycles. The van der Waals surface area contributed by atoms with E-state index in [0.29, 0.717) is 0 Å². The van der Waals surface area contributed by atoms with Gasteiger partial charge in [0, 0.05) is 6.42 Å². The van der Waals surface area contributed by atoms with Gasteiger partial charge < -0.3 is 40.7 Å². The molecule has 9 heteroatoms. The fourth-order valence-corrected chi connectivity index (χ4v) is 1.72. The number of carbonyl (C=O) groups is 1. The first-order chi connectivity index (χ1) is 8.90. The Morgan fingerprint density at radius 3 is 2.42 bits per heavy atom. The van der Waals surface area contributed by atoms with Crippen LogP contribution in [0, 0.1) is 0 Å². The number of hydrogen-bond acceptors (Lipinski definition) is 8. The van der Waals surface area contributed by atoms with E-state index in [0.717, 1.165) is 0 Å². The van der Waals surface area contributed by atoms with Gasteiger partial charge in [-0.15, -0.1) is 0 Å². The van der Waals surface area contributed by atoms with Crippen LogP contribution in [0.4, 0.5) is 0 Å². The summed E-state index contributed by atoms with van der Waals surface area (Å²) in [6.45, 7) is -1.33. The summed E-state index contributed by atoms with van der Waals surface area (Å²) in [6, 6.07) is 0. The minimum Gasteiger partial charge on any atom is -0.394 e. The van der Waals surface area contributed by atoms with Crippen molar-refractivity contribution in [3.63, 3.8) is 0 Å². The van der Waals surface area contributed by atoms with Gasteiger partial charge in [0.15, 0.2) is 12.4 Å². The molecule has 0 bridgehead atoms. The Balaban J connectivity index is 2.77. The second kappa shape index (κ2) is 7.10. The van der Waals surface area contributed by atoms with E-state index in [2.05, 4.69) is 0 Å². The molecule has 0 aromatic rings. The maximum Gasteiger partial charge on any atom is 0.249 e. The van der Waals surface area contributed by atoms with E-state index < -0.39 is 55.9 Å². The van der Waals surface area contributed by atoms with Gasteiger partial charge in [-0.1, -0.05) is 0 Å². The van der Waals surface area contributed by atoms with Crippen molar-refractivity contribution >= 4 is 5.91 Å². The molecule has 1 aliphatic rings. The van der Waals surface area contributed by atoms with Crippen molar-refractivity contribution in [2.75, 3.05) is 13.2 Å². The Labute approximate surface area is 109 Å². The van der Waals surface area contributed by atoms with Crippen LogP contribution in [0.25, 0.3) is 0 Å². The monoisotopic (exact) mass is 281 g/mol. The van der Waals surface area contributed by atoms with Crippen LogP contribution in [0.1, 0.15) is 6.42 Å². The zero-order valence-corrected chi connectivity index (χ0v) is 10.1. The van der Waals surface area contributed by atoms with E-state index >= 15 is 0 Å². The third-order valence-corrected chi connectivity index (χ3v) is 2.84. The smallest absolute Gasteiger partial charge is 0.249 e. The van der Waals surface area contributed by atoms with Gasteiger partial charge in [0.1, 0.15) is 18.3 Å².